The van der Waals surface area contributed by atoms with Crippen LogP contribution >= 0.6 is 27.7 Å². The highest BCUT2D eigenvalue weighted by molar-refractivity contribution is 9.10. The number of fused-ring (bicyclic) bond motifs is 2. The van der Waals surface area contributed by atoms with Gasteiger partial charge in [-0.05, 0) is 43.5 Å². The van der Waals surface area contributed by atoms with Crippen LogP contribution in [0.4, 0.5) is 0 Å². The third kappa shape index (κ3) is 3.11. The summed E-state index contributed by atoms with van der Waals surface area (Å²) in [4.78, 5) is 20.9. The minimum absolute atomic E-state index is 0.601. The molecule has 136 valence electrons. The van der Waals surface area contributed by atoms with Gasteiger partial charge in [-0.15, -0.1) is 0 Å². The van der Waals surface area contributed by atoms with Gasteiger partial charge < -0.3 is 5.11 Å². The molecule has 0 unspecified atom stereocenters. The number of benzene rings is 2. The van der Waals surface area contributed by atoms with Crippen LogP contribution in [0.5, 0.6) is 0 Å². The molecular weight excluding hydrogens is 426 g/mol. The fraction of sp³-hybridized carbons (Fsp3) is 0.150. The lowest BCUT2D eigenvalue weighted by Gasteiger charge is -2.19. The summed E-state index contributed by atoms with van der Waals surface area (Å²) in [5.74, 6) is -0.889. The lowest BCUT2D eigenvalue weighted by atomic mass is 10.1. The molecule has 0 saturated heterocycles. The van der Waals surface area contributed by atoms with Gasteiger partial charge in [0.1, 0.15) is 10.3 Å². The van der Waals surface area contributed by atoms with Crippen molar-refractivity contribution in [2.24, 2.45) is 0 Å². The first-order chi connectivity index (χ1) is 12.9. The van der Waals surface area contributed by atoms with E-state index in [2.05, 4.69) is 25.9 Å². The Hall–Kier alpha value is -2.38. The molecule has 0 amide bonds. The maximum atomic E-state index is 11.7. The van der Waals surface area contributed by atoms with Crippen LogP contribution in [0.25, 0.3) is 27.6 Å². The van der Waals surface area contributed by atoms with Crippen LogP contribution in [0.15, 0.2) is 64.4 Å². The van der Waals surface area contributed by atoms with Crippen molar-refractivity contribution in [3.05, 3.63) is 59.2 Å². The number of nitrogens with zero attached hydrogens (tertiary/aromatic N) is 3. The van der Waals surface area contributed by atoms with Crippen molar-refractivity contribution in [1.82, 2.24) is 14.5 Å². The molecule has 0 spiro atoms. The van der Waals surface area contributed by atoms with E-state index in [0.29, 0.717) is 10.8 Å². The van der Waals surface area contributed by atoms with Gasteiger partial charge >= 0.3 is 5.97 Å². The van der Waals surface area contributed by atoms with Gasteiger partial charge in [-0.3, -0.25) is 9.36 Å². The molecule has 0 aliphatic rings. The number of aliphatic carboxylic acids is 1. The zero-order chi connectivity index (χ0) is 19.2. The number of imidazole rings is 1. The van der Waals surface area contributed by atoms with Crippen molar-refractivity contribution in [3.8, 4) is 5.69 Å². The molecule has 5 nitrogen and oxygen atoms in total. The highest BCUT2D eigenvalue weighted by Gasteiger charge is 2.32. The Balaban J connectivity index is 2.03. The lowest BCUT2D eigenvalue weighted by Crippen LogP contribution is -2.27. The fourth-order valence-corrected chi connectivity index (χ4v) is 4.33. The number of rotatable bonds is 4. The molecule has 1 N–H and O–H groups in total. The third-order valence-corrected chi connectivity index (χ3v) is 6.17. The number of carbonyl (C=O) groups is 1. The predicted octanol–water partition coefficient (Wildman–Crippen LogP) is 5.29. The molecule has 4 aromatic rings. The molecule has 0 fully saturated rings. The standard InChI is InChI=1S/C20H16BrN3O2S/c1-20(2,18(25)26)27-19-23-15-8-5-11-22-17(15)24(19)16-10-9-14(21)12-6-3-4-7-13(12)16/h3-11H,1-2H3,(H,25,26). The Morgan fingerprint density at radius 3 is 2.59 bits per heavy atom. The molecule has 2 aromatic heterocycles. The first-order valence-corrected chi connectivity index (χ1v) is 9.93. The van der Waals surface area contributed by atoms with E-state index in [1.165, 1.54) is 11.8 Å². The van der Waals surface area contributed by atoms with E-state index in [4.69, 9.17) is 0 Å². The van der Waals surface area contributed by atoms with Crippen LogP contribution < -0.4 is 0 Å². The average molecular weight is 442 g/mol. The smallest absolute Gasteiger partial charge is 0.319 e. The quantitative estimate of drug-likeness (QED) is 0.435. The maximum Gasteiger partial charge on any atom is 0.319 e. The average Bonchev–Trinajstić information content (AvgIpc) is 2.99. The zero-order valence-electron chi connectivity index (χ0n) is 14.7. The molecule has 0 saturated carbocycles. The molecule has 0 bridgehead atoms. The largest absolute Gasteiger partial charge is 0.480 e. The van der Waals surface area contributed by atoms with Crippen LogP contribution in [0.3, 0.4) is 0 Å². The molecular formula is C20H16BrN3O2S. The van der Waals surface area contributed by atoms with Crippen molar-refractivity contribution >= 4 is 55.6 Å². The number of hydrogen-bond acceptors (Lipinski definition) is 4. The van der Waals surface area contributed by atoms with E-state index in [0.717, 1.165) is 26.4 Å². The third-order valence-electron chi connectivity index (χ3n) is 4.34. The molecule has 0 aliphatic heterocycles. The van der Waals surface area contributed by atoms with Gasteiger partial charge in [0.2, 0.25) is 0 Å². The van der Waals surface area contributed by atoms with E-state index in [1.807, 2.05) is 53.1 Å². The van der Waals surface area contributed by atoms with Crippen molar-refractivity contribution in [1.29, 1.82) is 0 Å². The molecule has 0 radical (unpaired) electrons. The minimum atomic E-state index is -1.02. The first kappa shape index (κ1) is 18.0. The second-order valence-electron chi connectivity index (χ2n) is 6.61. The Labute approximate surface area is 168 Å². The number of carboxylic acid groups (broad SMARTS) is 1. The zero-order valence-corrected chi connectivity index (χ0v) is 17.1. The minimum Gasteiger partial charge on any atom is -0.480 e. The molecule has 2 aromatic carbocycles. The molecule has 27 heavy (non-hydrogen) atoms. The van der Waals surface area contributed by atoms with E-state index in [9.17, 15) is 9.90 Å². The van der Waals surface area contributed by atoms with Gasteiger partial charge in [0.25, 0.3) is 0 Å². The van der Waals surface area contributed by atoms with Crippen LogP contribution in [0.2, 0.25) is 0 Å². The SMILES string of the molecule is CC(C)(Sc1nc2cccnc2n1-c1ccc(Br)c2ccccc12)C(=O)O. The van der Waals surface area contributed by atoms with Crippen molar-refractivity contribution < 1.29 is 9.90 Å². The second-order valence-corrected chi connectivity index (χ2v) is 9.05. The van der Waals surface area contributed by atoms with E-state index in [-0.39, 0.29) is 0 Å². The van der Waals surface area contributed by atoms with Gasteiger partial charge in [0, 0.05) is 16.1 Å². The summed E-state index contributed by atoms with van der Waals surface area (Å²) >= 11 is 4.82. The summed E-state index contributed by atoms with van der Waals surface area (Å²) in [6.07, 6.45) is 1.72. The summed E-state index contributed by atoms with van der Waals surface area (Å²) in [7, 11) is 0. The van der Waals surface area contributed by atoms with Crippen LogP contribution in [0.1, 0.15) is 13.8 Å². The molecule has 7 heteroatoms. The summed E-state index contributed by atoms with van der Waals surface area (Å²) < 4.78 is 1.92. The summed E-state index contributed by atoms with van der Waals surface area (Å²) in [5.41, 5.74) is 2.35. The van der Waals surface area contributed by atoms with Gasteiger partial charge in [-0.25, -0.2) is 9.97 Å². The Morgan fingerprint density at radius 1 is 1.11 bits per heavy atom. The van der Waals surface area contributed by atoms with Gasteiger partial charge in [0.05, 0.1) is 5.69 Å². The Bertz CT molecular complexity index is 1190. The summed E-state index contributed by atoms with van der Waals surface area (Å²) in [5, 5.41) is 12.3. The summed E-state index contributed by atoms with van der Waals surface area (Å²) in [6, 6.07) is 15.8. The van der Waals surface area contributed by atoms with Gasteiger partial charge in [-0.1, -0.05) is 52.0 Å². The van der Waals surface area contributed by atoms with Crippen molar-refractivity contribution in [2.75, 3.05) is 0 Å². The van der Waals surface area contributed by atoms with Crippen LogP contribution in [-0.4, -0.2) is 30.4 Å². The van der Waals surface area contributed by atoms with E-state index in [1.54, 1.807) is 20.0 Å². The maximum absolute atomic E-state index is 11.7. The number of aromatic nitrogens is 3. The molecule has 2 heterocycles. The number of pyridine rings is 1. The number of carboxylic acids is 1. The predicted molar refractivity (Wildman–Crippen MR) is 112 cm³/mol. The van der Waals surface area contributed by atoms with Gasteiger partial charge in [-0.2, -0.15) is 0 Å². The van der Waals surface area contributed by atoms with Crippen LogP contribution in [0, 0.1) is 0 Å². The normalized spacial score (nSPS) is 12.0. The van der Waals surface area contributed by atoms with Crippen molar-refractivity contribution in [2.45, 2.75) is 23.8 Å². The second kappa shape index (κ2) is 6.65. The molecule has 0 aliphatic carbocycles. The Morgan fingerprint density at radius 2 is 1.85 bits per heavy atom. The number of halogens is 1. The molecule has 4 rings (SSSR count). The van der Waals surface area contributed by atoms with Crippen molar-refractivity contribution in [3.63, 3.8) is 0 Å². The fourth-order valence-electron chi connectivity index (χ4n) is 2.89. The monoisotopic (exact) mass is 441 g/mol. The first-order valence-electron chi connectivity index (χ1n) is 8.32. The number of hydrogen-bond donors (Lipinski definition) is 1. The van der Waals surface area contributed by atoms with E-state index >= 15 is 0 Å². The highest BCUT2D eigenvalue weighted by atomic mass is 79.9. The van der Waals surface area contributed by atoms with E-state index < -0.39 is 10.7 Å². The topological polar surface area (TPSA) is 68.0 Å². The van der Waals surface area contributed by atoms with Crippen LogP contribution in [-0.2, 0) is 4.79 Å². The molecule has 0 atom stereocenters. The van der Waals surface area contributed by atoms with Gasteiger partial charge in [0.15, 0.2) is 10.8 Å². The highest BCUT2D eigenvalue weighted by Crippen LogP contribution is 2.38. The summed E-state index contributed by atoms with van der Waals surface area (Å²) in [6.45, 7) is 3.35. The number of thioether (sulfide) groups is 1. The Kier molecular flexibility index (Phi) is 4.44. The lowest BCUT2D eigenvalue weighted by molar-refractivity contribution is -0.138.